The zero-order valence-electron chi connectivity index (χ0n) is 25.0. The summed E-state index contributed by atoms with van der Waals surface area (Å²) in [4.78, 5) is 3.36. The van der Waals surface area contributed by atoms with Gasteiger partial charge in [-0.2, -0.15) is 9.13 Å². The number of nitrogens with one attached hydrogen (secondary N) is 1. The summed E-state index contributed by atoms with van der Waals surface area (Å²) in [5, 5.41) is 0. The van der Waals surface area contributed by atoms with Crippen LogP contribution in [0.2, 0.25) is 0 Å². The fraction of sp³-hybridized carbons (Fsp3) is 0.471. The molecule has 0 fully saturated rings. The van der Waals surface area contributed by atoms with Crippen LogP contribution in [0.5, 0.6) is 0 Å². The minimum absolute atomic E-state index is 0.398. The number of benzene rings is 2. The van der Waals surface area contributed by atoms with Crippen molar-refractivity contribution in [3.63, 3.8) is 0 Å². The van der Waals surface area contributed by atoms with Crippen molar-refractivity contribution in [2.75, 3.05) is 0 Å². The van der Waals surface area contributed by atoms with Crippen molar-refractivity contribution >= 4 is 0 Å². The van der Waals surface area contributed by atoms with E-state index in [1.54, 1.807) is 0 Å². The molecule has 202 valence electrons. The Bertz CT molecular complexity index is 1290. The number of nitrogens with zero attached hydrogens (tertiary/aromatic N) is 3. The van der Waals surface area contributed by atoms with E-state index in [0.29, 0.717) is 23.7 Å². The summed E-state index contributed by atoms with van der Waals surface area (Å²) in [5.74, 6) is 1.70. The molecule has 0 spiro atoms. The van der Waals surface area contributed by atoms with Gasteiger partial charge in [0.05, 0.1) is 5.56 Å². The molecule has 2 aromatic heterocycles. The summed E-state index contributed by atoms with van der Waals surface area (Å²) in [6.45, 7) is 20.8. The molecule has 4 nitrogen and oxygen atoms in total. The van der Waals surface area contributed by atoms with Crippen LogP contribution >= 0.6 is 0 Å². The quantitative estimate of drug-likeness (QED) is 0.209. The maximum atomic E-state index is 3.36. The molecule has 0 aliphatic heterocycles. The van der Waals surface area contributed by atoms with E-state index >= 15 is 0 Å². The molecule has 4 heteroatoms. The monoisotopic (exact) mass is 512 g/mol. The lowest BCUT2D eigenvalue weighted by Gasteiger charge is -2.33. The fourth-order valence-electron chi connectivity index (χ4n) is 6.17. The number of aromatic nitrogens is 4. The Balaban J connectivity index is 2.08. The lowest BCUT2D eigenvalue weighted by atomic mass is 9.79. The van der Waals surface area contributed by atoms with Gasteiger partial charge >= 0.3 is 0 Å². The van der Waals surface area contributed by atoms with Gasteiger partial charge in [0, 0.05) is 17.5 Å². The zero-order valence-corrected chi connectivity index (χ0v) is 25.0. The predicted molar refractivity (Wildman–Crippen MR) is 157 cm³/mol. The van der Waals surface area contributed by atoms with Gasteiger partial charge in [-0.3, -0.25) is 4.98 Å². The first-order valence-electron chi connectivity index (χ1n) is 14.5. The summed E-state index contributed by atoms with van der Waals surface area (Å²) < 4.78 is 7.24. The molecule has 0 bridgehead atoms. The lowest BCUT2D eigenvalue weighted by Crippen LogP contribution is -2.73. The van der Waals surface area contributed by atoms with Crippen molar-refractivity contribution in [1.29, 1.82) is 0 Å². The van der Waals surface area contributed by atoms with E-state index in [9.17, 15) is 0 Å². The van der Waals surface area contributed by atoms with Crippen molar-refractivity contribution in [3.8, 4) is 5.69 Å². The fourth-order valence-corrected chi connectivity index (χ4v) is 6.17. The van der Waals surface area contributed by atoms with Crippen LogP contribution in [-0.4, -0.2) is 9.55 Å². The van der Waals surface area contributed by atoms with E-state index in [-0.39, 0.29) is 0 Å². The summed E-state index contributed by atoms with van der Waals surface area (Å²) in [6, 6.07) is 13.7. The molecule has 1 N–H and O–H groups in total. The molecule has 2 heterocycles. The second kappa shape index (κ2) is 11.3. The second-order valence-corrected chi connectivity index (χ2v) is 12.0. The molecular weight excluding hydrogens is 464 g/mol. The highest BCUT2D eigenvalue weighted by Gasteiger charge is 2.48. The molecule has 38 heavy (non-hydrogen) atoms. The van der Waals surface area contributed by atoms with Gasteiger partial charge in [-0.25, -0.2) is 4.57 Å². The van der Waals surface area contributed by atoms with Gasteiger partial charge in [0.2, 0.25) is 6.33 Å². The molecular formula is C34H48N4+2. The Hall–Kier alpha value is -3.14. The normalized spacial score (nSPS) is 13.7. The Labute approximate surface area is 230 Å². The Morgan fingerprint density at radius 3 is 1.71 bits per heavy atom. The van der Waals surface area contributed by atoms with E-state index in [1.807, 2.05) is 6.20 Å². The van der Waals surface area contributed by atoms with Crippen LogP contribution < -0.4 is 9.13 Å². The van der Waals surface area contributed by atoms with Crippen LogP contribution in [0.1, 0.15) is 127 Å². The van der Waals surface area contributed by atoms with E-state index in [0.717, 1.165) is 12.8 Å². The van der Waals surface area contributed by atoms with Gasteiger partial charge < -0.3 is 0 Å². The van der Waals surface area contributed by atoms with Crippen molar-refractivity contribution in [3.05, 3.63) is 102 Å². The molecule has 0 radical (unpaired) electrons. The number of rotatable bonds is 10. The molecule has 4 aromatic rings. The van der Waals surface area contributed by atoms with Gasteiger partial charge in [-0.1, -0.05) is 98.7 Å². The number of imidazole rings is 2. The van der Waals surface area contributed by atoms with Crippen molar-refractivity contribution in [2.45, 2.75) is 104 Å². The lowest BCUT2D eigenvalue weighted by molar-refractivity contribution is -0.983. The van der Waals surface area contributed by atoms with Gasteiger partial charge in [0.25, 0.3) is 12.0 Å². The van der Waals surface area contributed by atoms with Gasteiger partial charge in [-0.05, 0) is 41.2 Å². The molecule has 0 aliphatic rings. The Morgan fingerprint density at radius 2 is 1.26 bits per heavy atom. The van der Waals surface area contributed by atoms with Crippen molar-refractivity contribution < 1.29 is 9.13 Å². The van der Waals surface area contributed by atoms with Crippen LogP contribution in [0.25, 0.3) is 5.69 Å². The zero-order chi connectivity index (χ0) is 27.6. The summed E-state index contributed by atoms with van der Waals surface area (Å²) in [5.41, 5.74) is 7.97. The molecule has 0 aliphatic carbocycles. The minimum Gasteiger partial charge on any atom is -0.250 e. The van der Waals surface area contributed by atoms with E-state index in [4.69, 9.17) is 0 Å². The molecule has 0 saturated heterocycles. The van der Waals surface area contributed by atoms with Gasteiger partial charge in [0.1, 0.15) is 30.5 Å². The Morgan fingerprint density at radius 1 is 0.737 bits per heavy atom. The SMILES string of the molecule is CCCC(c1c(C(C)C)cccc1C(C)C)([n+]1cc[nH]c1)[n+]1ccn(-c2c(C(C)C)cccc2C(C)C)c1. The maximum Gasteiger partial charge on any atom is 0.279 e. The number of para-hydroxylation sites is 1. The first kappa shape index (κ1) is 27.9. The average Bonchev–Trinajstić information content (AvgIpc) is 3.59. The number of H-pyrrole nitrogens is 1. The van der Waals surface area contributed by atoms with E-state index < -0.39 is 5.66 Å². The third kappa shape index (κ3) is 4.86. The van der Waals surface area contributed by atoms with E-state index in [1.165, 1.54) is 33.5 Å². The van der Waals surface area contributed by atoms with Crippen molar-refractivity contribution in [1.82, 2.24) is 9.55 Å². The summed E-state index contributed by atoms with van der Waals surface area (Å²) in [7, 11) is 0. The number of aromatic amines is 1. The summed E-state index contributed by atoms with van der Waals surface area (Å²) >= 11 is 0. The second-order valence-electron chi connectivity index (χ2n) is 12.0. The third-order valence-corrected chi connectivity index (χ3v) is 8.01. The van der Waals surface area contributed by atoms with Crippen LogP contribution in [-0.2, 0) is 5.66 Å². The molecule has 4 rings (SSSR count). The molecule has 0 saturated carbocycles. The average molecular weight is 513 g/mol. The van der Waals surface area contributed by atoms with Crippen LogP contribution in [0.4, 0.5) is 0 Å². The molecule has 2 aromatic carbocycles. The standard InChI is InChI=1S/C34H47N4/c1-10-17-34(37-19-18-35-22-37,32-28(24(2)3)13-11-14-29(32)25(4)5)38-21-20-36(23-38)33-30(26(6)7)15-12-16-31(33)27(8)9/h11-16,18-27H,10,17H2,1-9H3/q+1/p+1. The van der Waals surface area contributed by atoms with Crippen LogP contribution in [0.15, 0.2) is 73.8 Å². The number of hydrogen-bond acceptors (Lipinski definition) is 0. The molecule has 1 unspecified atom stereocenters. The Kier molecular flexibility index (Phi) is 8.30. The molecule has 1 atom stereocenters. The van der Waals surface area contributed by atoms with Crippen LogP contribution in [0.3, 0.4) is 0 Å². The summed E-state index contributed by atoms with van der Waals surface area (Å²) in [6.07, 6.45) is 15.3. The van der Waals surface area contributed by atoms with Gasteiger partial charge in [-0.15, -0.1) is 0 Å². The predicted octanol–water partition coefficient (Wildman–Crippen LogP) is 7.92. The largest absolute Gasteiger partial charge is 0.279 e. The maximum absolute atomic E-state index is 3.36. The highest BCUT2D eigenvalue weighted by Crippen LogP contribution is 2.37. The highest BCUT2D eigenvalue weighted by atomic mass is 15.3. The van der Waals surface area contributed by atoms with Crippen molar-refractivity contribution in [2.24, 2.45) is 0 Å². The van der Waals surface area contributed by atoms with Crippen LogP contribution in [0, 0.1) is 0 Å². The third-order valence-electron chi connectivity index (χ3n) is 8.01. The topological polar surface area (TPSA) is 28.5 Å². The highest BCUT2D eigenvalue weighted by molar-refractivity contribution is 5.51. The van der Waals surface area contributed by atoms with E-state index in [2.05, 4.69) is 149 Å². The minimum atomic E-state index is -0.398. The number of hydrogen-bond donors (Lipinski definition) is 1. The smallest absolute Gasteiger partial charge is 0.250 e. The first-order chi connectivity index (χ1) is 18.1. The first-order valence-corrected chi connectivity index (χ1v) is 14.5. The molecule has 0 amide bonds. The van der Waals surface area contributed by atoms with Gasteiger partial charge in [0.15, 0.2) is 0 Å².